The van der Waals surface area contributed by atoms with Gasteiger partial charge in [-0.25, -0.2) is 0 Å². The molecule has 3 aromatic carbocycles. The van der Waals surface area contributed by atoms with Gasteiger partial charge < -0.3 is 15.4 Å². The zero-order chi connectivity index (χ0) is 22.2. The summed E-state index contributed by atoms with van der Waals surface area (Å²) >= 11 is 13.3. The van der Waals surface area contributed by atoms with E-state index >= 15 is 0 Å². The van der Waals surface area contributed by atoms with E-state index in [1.807, 2.05) is 37.3 Å². The topological polar surface area (TPSA) is 67.4 Å². The van der Waals surface area contributed by atoms with E-state index in [-0.39, 0.29) is 22.6 Å². The maximum absolute atomic E-state index is 12.5. The molecule has 0 radical (unpaired) electrons. The third kappa shape index (κ3) is 6.66. The first-order valence-electron chi connectivity index (χ1n) is 9.47. The summed E-state index contributed by atoms with van der Waals surface area (Å²) in [4.78, 5) is 25.7. The van der Waals surface area contributed by atoms with Crippen LogP contribution >= 0.6 is 35.0 Å². The van der Waals surface area contributed by atoms with Crippen LogP contribution in [-0.4, -0.2) is 24.2 Å². The van der Waals surface area contributed by atoms with E-state index in [1.165, 1.54) is 17.8 Å². The molecule has 3 aromatic rings. The third-order valence-electron chi connectivity index (χ3n) is 4.10. The van der Waals surface area contributed by atoms with Crippen molar-refractivity contribution >= 4 is 58.2 Å². The minimum atomic E-state index is -0.339. The quantitative estimate of drug-likeness (QED) is 0.371. The molecule has 31 heavy (non-hydrogen) atoms. The fraction of sp³-hybridized carbons (Fsp3) is 0.130. The molecule has 0 spiro atoms. The number of para-hydroxylation sites is 2. The van der Waals surface area contributed by atoms with Crippen molar-refractivity contribution in [2.75, 3.05) is 23.0 Å². The number of amides is 2. The van der Waals surface area contributed by atoms with Gasteiger partial charge in [0.15, 0.2) is 0 Å². The van der Waals surface area contributed by atoms with Gasteiger partial charge in [0.25, 0.3) is 5.91 Å². The van der Waals surface area contributed by atoms with Crippen molar-refractivity contribution in [2.24, 2.45) is 0 Å². The van der Waals surface area contributed by atoms with Crippen molar-refractivity contribution < 1.29 is 14.3 Å². The number of hydrogen-bond acceptors (Lipinski definition) is 4. The molecule has 160 valence electrons. The molecular formula is C23H20Cl2N2O3S. The smallest absolute Gasteiger partial charge is 0.257 e. The highest BCUT2D eigenvalue weighted by atomic mass is 35.5. The van der Waals surface area contributed by atoms with Crippen molar-refractivity contribution in [1.82, 2.24) is 0 Å². The molecule has 0 saturated carbocycles. The number of anilines is 2. The van der Waals surface area contributed by atoms with Crippen molar-refractivity contribution in [3.8, 4) is 5.75 Å². The van der Waals surface area contributed by atoms with Crippen LogP contribution in [0.2, 0.25) is 10.0 Å². The molecule has 2 N–H and O–H groups in total. The highest BCUT2D eigenvalue weighted by Crippen LogP contribution is 2.26. The lowest BCUT2D eigenvalue weighted by Crippen LogP contribution is -2.15. The van der Waals surface area contributed by atoms with Crippen LogP contribution in [0.15, 0.2) is 71.6 Å². The van der Waals surface area contributed by atoms with E-state index in [1.54, 1.807) is 30.3 Å². The van der Waals surface area contributed by atoms with Gasteiger partial charge in [-0.1, -0.05) is 41.4 Å². The Morgan fingerprint density at radius 1 is 0.968 bits per heavy atom. The molecule has 8 heteroatoms. The van der Waals surface area contributed by atoms with Crippen LogP contribution in [0.3, 0.4) is 0 Å². The second kappa shape index (κ2) is 11.1. The van der Waals surface area contributed by atoms with Gasteiger partial charge in [0, 0.05) is 15.6 Å². The average Bonchev–Trinajstić information content (AvgIpc) is 2.74. The molecule has 2 amide bonds. The molecule has 3 rings (SSSR count). The monoisotopic (exact) mass is 474 g/mol. The number of halogens is 2. The number of thioether (sulfide) groups is 1. The predicted octanol–water partition coefficient (Wildman–Crippen LogP) is 6.38. The molecule has 0 unspecified atom stereocenters. The molecule has 0 aliphatic rings. The minimum absolute atomic E-state index is 0.153. The van der Waals surface area contributed by atoms with Gasteiger partial charge in [0.1, 0.15) is 5.75 Å². The summed E-state index contributed by atoms with van der Waals surface area (Å²) in [5.41, 5.74) is 1.57. The van der Waals surface area contributed by atoms with Crippen LogP contribution in [0.4, 0.5) is 11.4 Å². The Balaban J connectivity index is 1.59. The van der Waals surface area contributed by atoms with Crippen molar-refractivity contribution in [3.05, 3.63) is 82.3 Å². The van der Waals surface area contributed by atoms with Gasteiger partial charge in [0.2, 0.25) is 5.91 Å². The molecule has 0 aliphatic heterocycles. The molecule has 0 aromatic heterocycles. The summed E-state index contributed by atoms with van der Waals surface area (Å²) < 4.78 is 5.53. The first-order valence-corrected chi connectivity index (χ1v) is 11.2. The zero-order valence-electron chi connectivity index (χ0n) is 16.7. The second-order valence-electron chi connectivity index (χ2n) is 6.37. The van der Waals surface area contributed by atoms with Crippen molar-refractivity contribution in [2.45, 2.75) is 11.8 Å². The summed E-state index contributed by atoms with van der Waals surface area (Å²) in [7, 11) is 0. The predicted molar refractivity (Wildman–Crippen MR) is 128 cm³/mol. The maximum Gasteiger partial charge on any atom is 0.257 e. The highest BCUT2D eigenvalue weighted by Gasteiger charge is 2.12. The summed E-state index contributed by atoms with van der Waals surface area (Å²) in [5, 5.41) is 6.41. The van der Waals surface area contributed by atoms with Gasteiger partial charge in [-0.05, 0) is 55.5 Å². The number of rotatable bonds is 8. The van der Waals surface area contributed by atoms with Crippen molar-refractivity contribution in [1.29, 1.82) is 0 Å². The number of nitrogens with one attached hydrogen (secondary N) is 2. The molecule has 0 atom stereocenters. The van der Waals surface area contributed by atoms with Gasteiger partial charge in [0.05, 0.1) is 28.6 Å². The summed E-state index contributed by atoms with van der Waals surface area (Å²) in [5.74, 6) is 0.350. The normalized spacial score (nSPS) is 10.4. The van der Waals surface area contributed by atoms with Crippen LogP contribution < -0.4 is 15.4 Å². The van der Waals surface area contributed by atoms with Crippen LogP contribution in [0.1, 0.15) is 17.3 Å². The zero-order valence-corrected chi connectivity index (χ0v) is 19.0. The second-order valence-corrected chi connectivity index (χ2v) is 8.26. The van der Waals surface area contributed by atoms with Crippen LogP contribution in [0.5, 0.6) is 5.75 Å². The van der Waals surface area contributed by atoms with Crippen LogP contribution in [0, 0.1) is 0 Å². The van der Waals surface area contributed by atoms with Gasteiger partial charge in [-0.15, -0.1) is 11.8 Å². The number of benzene rings is 3. The number of hydrogen-bond donors (Lipinski definition) is 2. The van der Waals surface area contributed by atoms with E-state index in [4.69, 9.17) is 27.9 Å². The molecule has 5 nitrogen and oxygen atoms in total. The molecule has 0 fully saturated rings. The summed E-state index contributed by atoms with van der Waals surface area (Å²) in [6.07, 6.45) is 0. The van der Waals surface area contributed by atoms with Crippen molar-refractivity contribution in [3.63, 3.8) is 0 Å². The number of carbonyl (C=O) groups is 2. The Hall–Kier alpha value is -2.67. The lowest BCUT2D eigenvalue weighted by atomic mass is 10.2. The number of carbonyl (C=O) groups excluding carboxylic acids is 2. The summed E-state index contributed by atoms with van der Waals surface area (Å²) in [6, 6.07) is 19.2. The minimum Gasteiger partial charge on any atom is -0.492 e. The molecule has 0 saturated heterocycles. The van der Waals surface area contributed by atoms with Gasteiger partial charge in [-0.3, -0.25) is 9.59 Å². The Morgan fingerprint density at radius 3 is 2.55 bits per heavy atom. The fourth-order valence-electron chi connectivity index (χ4n) is 2.72. The van der Waals surface area contributed by atoms with E-state index in [9.17, 15) is 9.59 Å². The Labute approximate surface area is 195 Å². The average molecular weight is 475 g/mol. The lowest BCUT2D eigenvalue weighted by molar-refractivity contribution is -0.113. The van der Waals surface area contributed by atoms with Crippen LogP contribution in [-0.2, 0) is 4.79 Å². The molecule has 0 heterocycles. The highest BCUT2D eigenvalue weighted by molar-refractivity contribution is 8.00. The fourth-order valence-corrected chi connectivity index (χ4v) is 3.97. The van der Waals surface area contributed by atoms with Gasteiger partial charge in [-0.2, -0.15) is 0 Å². The molecule has 0 aliphatic carbocycles. The lowest BCUT2D eigenvalue weighted by Gasteiger charge is -2.11. The third-order valence-corrected chi connectivity index (χ3v) is 5.64. The standard InChI is InChI=1S/C23H20Cl2N2O3S/c1-2-30-21-9-4-3-8-20(21)27-22(28)14-31-17-7-5-6-16(13-17)26-23(29)18-11-10-15(24)12-19(18)25/h3-13H,2,14H2,1H3,(H,26,29)(H,27,28). The Bertz CT molecular complexity index is 1090. The molecule has 0 bridgehead atoms. The van der Waals surface area contributed by atoms with E-state index in [0.29, 0.717) is 34.3 Å². The number of ether oxygens (including phenoxy) is 1. The van der Waals surface area contributed by atoms with E-state index in [0.717, 1.165) is 4.90 Å². The maximum atomic E-state index is 12.5. The van der Waals surface area contributed by atoms with Gasteiger partial charge >= 0.3 is 0 Å². The Morgan fingerprint density at radius 2 is 1.77 bits per heavy atom. The largest absolute Gasteiger partial charge is 0.492 e. The first kappa shape index (κ1) is 23.0. The first-order chi connectivity index (χ1) is 15.0. The van der Waals surface area contributed by atoms with E-state index < -0.39 is 0 Å². The molecular weight excluding hydrogens is 455 g/mol. The Kier molecular flexibility index (Phi) is 8.23. The van der Waals surface area contributed by atoms with E-state index in [2.05, 4.69) is 10.6 Å². The summed E-state index contributed by atoms with van der Waals surface area (Å²) in [6.45, 7) is 2.41. The SMILES string of the molecule is CCOc1ccccc1NC(=O)CSc1cccc(NC(=O)c2ccc(Cl)cc2Cl)c1. The van der Waals surface area contributed by atoms with Crippen LogP contribution in [0.25, 0.3) is 0 Å².